The summed E-state index contributed by atoms with van der Waals surface area (Å²) in [5.41, 5.74) is 2.56. The summed E-state index contributed by atoms with van der Waals surface area (Å²) in [5, 5.41) is 4.66. The third-order valence-corrected chi connectivity index (χ3v) is 5.09. The standard InChI is InChI=1S/C16H23NO2S/c1-3-4-5-14-6-8-15(9-7-14)13(2)17-16-10-11-20(18,19)12-16/h6-11,13,16-17H,3-5,12H2,1-2H3. The molecule has 0 aromatic heterocycles. The first-order valence-corrected chi connectivity index (χ1v) is 8.97. The second-order valence-corrected chi connectivity index (χ2v) is 7.43. The smallest absolute Gasteiger partial charge is 0.173 e. The fourth-order valence-electron chi connectivity index (χ4n) is 2.45. The molecule has 2 atom stereocenters. The van der Waals surface area contributed by atoms with E-state index in [0.717, 1.165) is 6.42 Å². The zero-order chi connectivity index (χ0) is 14.6. The van der Waals surface area contributed by atoms with Gasteiger partial charge in [-0.25, -0.2) is 8.42 Å². The minimum atomic E-state index is -2.98. The molecule has 0 aliphatic carbocycles. The van der Waals surface area contributed by atoms with Crippen molar-refractivity contribution in [3.05, 3.63) is 46.9 Å². The topological polar surface area (TPSA) is 46.2 Å². The number of nitrogens with one attached hydrogen (secondary N) is 1. The van der Waals surface area contributed by atoms with Gasteiger partial charge < -0.3 is 5.32 Å². The lowest BCUT2D eigenvalue weighted by Gasteiger charge is -2.18. The lowest BCUT2D eigenvalue weighted by Crippen LogP contribution is -2.32. The van der Waals surface area contributed by atoms with Crippen molar-refractivity contribution in [1.82, 2.24) is 5.32 Å². The largest absolute Gasteiger partial charge is 0.303 e. The molecule has 1 N–H and O–H groups in total. The van der Waals surface area contributed by atoms with E-state index in [1.54, 1.807) is 6.08 Å². The molecule has 0 amide bonds. The molecule has 0 spiro atoms. The first kappa shape index (κ1) is 15.3. The van der Waals surface area contributed by atoms with E-state index in [-0.39, 0.29) is 17.8 Å². The molecule has 0 bridgehead atoms. The van der Waals surface area contributed by atoms with Crippen molar-refractivity contribution in [2.75, 3.05) is 5.75 Å². The van der Waals surface area contributed by atoms with Gasteiger partial charge in [0.1, 0.15) is 0 Å². The van der Waals surface area contributed by atoms with Crippen LogP contribution in [0.25, 0.3) is 0 Å². The van der Waals surface area contributed by atoms with Crippen LogP contribution in [-0.4, -0.2) is 20.2 Å². The average Bonchev–Trinajstić information content (AvgIpc) is 2.76. The molecule has 1 heterocycles. The maximum Gasteiger partial charge on any atom is 0.173 e. The Morgan fingerprint density at radius 3 is 2.55 bits per heavy atom. The Hall–Kier alpha value is -1.13. The Bertz CT molecular complexity index is 561. The van der Waals surface area contributed by atoms with Crippen molar-refractivity contribution in [3.63, 3.8) is 0 Å². The van der Waals surface area contributed by atoms with Crippen LogP contribution < -0.4 is 5.32 Å². The van der Waals surface area contributed by atoms with Crippen LogP contribution in [0.3, 0.4) is 0 Å². The molecule has 0 radical (unpaired) electrons. The lowest BCUT2D eigenvalue weighted by atomic mass is 10.0. The Kier molecular flexibility index (Phi) is 5.00. The molecular weight excluding hydrogens is 270 g/mol. The molecule has 3 nitrogen and oxygen atoms in total. The Balaban J connectivity index is 1.92. The maximum absolute atomic E-state index is 11.4. The van der Waals surface area contributed by atoms with Gasteiger partial charge in [-0.05, 0) is 30.9 Å². The average molecular weight is 293 g/mol. The van der Waals surface area contributed by atoms with Crippen molar-refractivity contribution in [2.45, 2.75) is 45.2 Å². The fourth-order valence-corrected chi connectivity index (χ4v) is 3.70. The molecule has 20 heavy (non-hydrogen) atoms. The van der Waals surface area contributed by atoms with E-state index in [1.807, 2.05) is 0 Å². The van der Waals surface area contributed by atoms with Crippen LogP contribution in [0.4, 0.5) is 0 Å². The monoisotopic (exact) mass is 293 g/mol. The fraction of sp³-hybridized carbons (Fsp3) is 0.500. The Morgan fingerprint density at radius 1 is 1.30 bits per heavy atom. The summed E-state index contributed by atoms with van der Waals surface area (Å²) < 4.78 is 22.8. The van der Waals surface area contributed by atoms with E-state index in [0.29, 0.717) is 0 Å². The van der Waals surface area contributed by atoms with Crippen LogP contribution in [0.15, 0.2) is 35.7 Å². The second kappa shape index (κ2) is 6.55. The summed E-state index contributed by atoms with van der Waals surface area (Å²) in [4.78, 5) is 0. The zero-order valence-corrected chi connectivity index (χ0v) is 13.0. The van der Waals surface area contributed by atoms with E-state index in [4.69, 9.17) is 0 Å². The first-order valence-electron chi connectivity index (χ1n) is 7.26. The summed E-state index contributed by atoms with van der Waals surface area (Å²) in [5.74, 6) is 0.173. The molecule has 1 aliphatic heterocycles. The summed E-state index contributed by atoms with van der Waals surface area (Å²) in [7, 11) is -2.98. The van der Waals surface area contributed by atoms with Gasteiger partial charge in [-0.3, -0.25) is 0 Å². The SMILES string of the molecule is CCCCc1ccc(C(C)NC2C=CS(=O)(=O)C2)cc1. The van der Waals surface area contributed by atoms with Crippen LogP contribution in [0, 0.1) is 0 Å². The predicted molar refractivity (Wildman–Crippen MR) is 83.3 cm³/mol. The summed E-state index contributed by atoms with van der Waals surface area (Å²) in [6.45, 7) is 4.27. The van der Waals surface area contributed by atoms with E-state index < -0.39 is 9.84 Å². The first-order chi connectivity index (χ1) is 9.50. The molecule has 0 saturated heterocycles. The Morgan fingerprint density at radius 2 is 2.00 bits per heavy atom. The summed E-state index contributed by atoms with van der Waals surface area (Å²) in [6.07, 6.45) is 5.30. The maximum atomic E-state index is 11.4. The van der Waals surface area contributed by atoms with Crippen molar-refractivity contribution in [2.24, 2.45) is 0 Å². The highest BCUT2D eigenvalue weighted by Gasteiger charge is 2.22. The molecule has 1 aromatic rings. The molecule has 1 aliphatic rings. The van der Waals surface area contributed by atoms with E-state index in [2.05, 4.69) is 43.4 Å². The third kappa shape index (κ3) is 4.18. The number of benzene rings is 1. The minimum Gasteiger partial charge on any atom is -0.303 e. The molecule has 0 fully saturated rings. The van der Waals surface area contributed by atoms with Crippen molar-refractivity contribution in [3.8, 4) is 0 Å². The van der Waals surface area contributed by atoms with Crippen LogP contribution in [0.2, 0.25) is 0 Å². The van der Waals surface area contributed by atoms with Gasteiger partial charge in [-0.15, -0.1) is 0 Å². The normalized spacial score (nSPS) is 22.0. The quantitative estimate of drug-likeness (QED) is 0.877. The van der Waals surface area contributed by atoms with Gasteiger partial charge in [0.05, 0.1) is 5.75 Å². The molecule has 0 saturated carbocycles. The van der Waals surface area contributed by atoms with E-state index in [9.17, 15) is 8.42 Å². The molecule has 4 heteroatoms. The number of unbranched alkanes of at least 4 members (excludes halogenated alkanes) is 1. The number of hydrogen-bond donors (Lipinski definition) is 1. The number of rotatable bonds is 6. The highest BCUT2D eigenvalue weighted by Crippen LogP contribution is 2.17. The number of aryl methyl sites for hydroxylation is 1. The number of hydrogen-bond acceptors (Lipinski definition) is 3. The van der Waals surface area contributed by atoms with E-state index in [1.165, 1.54) is 29.4 Å². The van der Waals surface area contributed by atoms with Crippen molar-refractivity contribution in [1.29, 1.82) is 0 Å². The molecular formula is C16H23NO2S. The van der Waals surface area contributed by atoms with Gasteiger partial charge in [0, 0.05) is 17.5 Å². The molecule has 1 aromatic carbocycles. The van der Waals surface area contributed by atoms with Crippen molar-refractivity contribution < 1.29 is 8.42 Å². The van der Waals surface area contributed by atoms with Gasteiger partial charge >= 0.3 is 0 Å². The zero-order valence-electron chi connectivity index (χ0n) is 12.2. The number of sulfone groups is 1. The van der Waals surface area contributed by atoms with E-state index >= 15 is 0 Å². The highest BCUT2D eigenvalue weighted by atomic mass is 32.2. The lowest BCUT2D eigenvalue weighted by molar-refractivity contribution is 0.535. The van der Waals surface area contributed by atoms with Gasteiger partial charge in [0.2, 0.25) is 0 Å². The summed E-state index contributed by atoms with van der Waals surface area (Å²) >= 11 is 0. The molecule has 2 rings (SSSR count). The third-order valence-electron chi connectivity index (χ3n) is 3.69. The highest BCUT2D eigenvalue weighted by molar-refractivity contribution is 7.94. The van der Waals surface area contributed by atoms with Crippen LogP contribution in [0.1, 0.15) is 43.9 Å². The second-order valence-electron chi connectivity index (χ2n) is 5.50. The summed E-state index contributed by atoms with van der Waals surface area (Å²) in [6, 6.07) is 8.69. The minimum absolute atomic E-state index is 0.0743. The molecule has 110 valence electrons. The van der Waals surface area contributed by atoms with Gasteiger partial charge in [0.15, 0.2) is 9.84 Å². The van der Waals surface area contributed by atoms with Crippen LogP contribution in [-0.2, 0) is 16.3 Å². The van der Waals surface area contributed by atoms with Crippen LogP contribution >= 0.6 is 0 Å². The predicted octanol–water partition coefficient (Wildman–Crippen LogP) is 2.99. The Labute approximate surface area is 122 Å². The molecule has 2 unspecified atom stereocenters. The van der Waals surface area contributed by atoms with Crippen molar-refractivity contribution >= 4 is 9.84 Å². The van der Waals surface area contributed by atoms with Gasteiger partial charge in [-0.2, -0.15) is 0 Å². The van der Waals surface area contributed by atoms with Gasteiger partial charge in [-0.1, -0.05) is 43.7 Å². The van der Waals surface area contributed by atoms with Gasteiger partial charge in [0.25, 0.3) is 0 Å². The van der Waals surface area contributed by atoms with Crippen LogP contribution in [0.5, 0.6) is 0 Å².